The highest BCUT2D eigenvalue weighted by atomic mass is 19.3. The van der Waals surface area contributed by atoms with Crippen LogP contribution in [0.2, 0.25) is 0 Å². The summed E-state index contributed by atoms with van der Waals surface area (Å²) in [7, 11) is 0. The summed E-state index contributed by atoms with van der Waals surface area (Å²) in [5.41, 5.74) is 3.02. The molecule has 0 bridgehead atoms. The van der Waals surface area contributed by atoms with Gasteiger partial charge in [-0.25, -0.2) is 4.79 Å². The average molecular weight is 360 g/mol. The van der Waals surface area contributed by atoms with E-state index in [9.17, 15) is 18.4 Å². The smallest absolute Gasteiger partial charge is 0.378 e. The standard InChI is InChI=1S/C20H18F2O4/c1-11(2)17(20(21,22)19(24)25)26-18(23)16-14-9-5-3-7-12(14)13-8-4-6-10-15(13)16/h3-11,16-17H,1-2H3,(H,24,25). The Morgan fingerprint density at radius 1 is 1.00 bits per heavy atom. The Kier molecular flexibility index (Phi) is 4.52. The quantitative estimate of drug-likeness (QED) is 0.816. The van der Waals surface area contributed by atoms with Crippen LogP contribution in [-0.4, -0.2) is 29.1 Å². The summed E-state index contributed by atoms with van der Waals surface area (Å²) in [6.07, 6.45) is -2.05. The number of hydrogen-bond acceptors (Lipinski definition) is 3. The van der Waals surface area contributed by atoms with E-state index in [-0.39, 0.29) is 0 Å². The molecule has 2 aromatic carbocycles. The predicted octanol–water partition coefficient (Wildman–Crippen LogP) is 4.09. The lowest BCUT2D eigenvalue weighted by Crippen LogP contribution is -2.47. The van der Waals surface area contributed by atoms with Gasteiger partial charge in [0, 0.05) is 0 Å². The maximum atomic E-state index is 14.0. The van der Waals surface area contributed by atoms with E-state index in [4.69, 9.17) is 9.84 Å². The van der Waals surface area contributed by atoms with Crippen LogP contribution in [0, 0.1) is 5.92 Å². The fourth-order valence-electron chi connectivity index (χ4n) is 3.35. The molecule has 0 saturated carbocycles. The van der Waals surface area contributed by atoms with E-state index in [1.807, 2.05) is 24.3 Å². The molecule has 0 aliphatic heterocycles. The summed E-state index contributed by atoms with van der Waals surface area (Å²) in [5.74, 6) is -9.06. The monoisotopic (exact) mass is 360 g/mol. The van der Waals surface area contributed by atoms with Crippen LogP contribution in [0.25, 0.3) is 11.1 Å². The van der Waals surface area contributed by atoms with E-state index in [0.717, 1.165) is 11.1 Å². The number of rotatable bonds is 5. The number of carbonyl (C=O) groups is 2. The van der Waals surface area contributed by atoms with Crippen molar-refractivity contribution in [2.75, 3.05) is 0 Å². The normalized spacial score (nSPS) is 14.7. The second kappa shape index (κ2) is 6.52. The highest BCUT2D eigenvalue weighted by molar-refractivity contribution is 5.93. The van der Waals surface area contributed by atoms with Crippen LogP contribution in [0.5, 0.6) is 0 Å². The molecule has 0 spiro atoms. The van der Waals surface area contributed by atoms with Gasteiger partial charge in [0.15, 0.2) is 6.10 Å². The van der Waals surface area contributed by atoms with Gasteiger partial charge in [0.2, 0.25) is 0 Å². The first-order valence-corrected chi connectivity index (χ1v) is 8.25. The van der Waals surface area contributed by atoms with Crippen LogP contribution in [0.4, 0.5) is 8.78 Å². The lowest BCUT2D eigenvalue weighted by molar-refractivity contribution is -0.199. The Labute approximate surface area is 149 Å². The Bertz CT molecular complexity index is 815. The van der Waals surface area contributed by atoms with Gasteiger partial charge in [0.05, 0.1) is 0 Å². The second-order valence-electron chi connectivity index (χ2n) is 6.64. The third-order valence-corrected chi connectivity index (χ3v) is 4.56. The number of aliphatic carboxylic acids is 1. The average Bonchev–Trinajstić information content (AvgIpc) is 2.93. The first kappa shape index (κ1) is 18.0. The number of ether oxygens (including phenoxy) is 1. The number of alkyl halides is 2. The lowest BCUT2D eigenvalue weighted by Gasteiger charge is -2.28. The van der Waals surface area contributed by atoms with Gasteiger partial charge in [-0.15, -0.1) is 0 Å². The van der Waals surface area contributed by atoms with Crippen LogP contribution >= 0.6 is 0 Å². The van der Waals surface area contributed by atoms with Crippen LogP contribution in [0.15, 0.2) is 48.5 Å². The van der Waals surface area contributed by atoms with Gasteiger partial charge in [-0.1, -0.05) is 62.4 Å². The van der Waals surface area contributed by atoms with Crippen LogP contribution < -0.4 is 0 Å². The van der Waals surface area contributed by atoms with E-state index in [1.165, 1.54) is 13.8 Å². The molecule has 6 heteroatoms. The van der Waals surface area contributed by atoms with Gasteiger partial charge in [-0.05, 0) is 28.2 Å². The number of carboxylic acids is 1. The fourth-order valence-corrected chi connectivity index (χ4v) is 3.35. The molecule has 3 rings (SSSR count). The molecule has 136 valence electrons. The SMILES string of the molecule is CC(C)C(OC(=O)C1c2ccccc2-c2ccccc21)C(F)(F)C(=O)O. The third-order valence-electron chi connectivity index (χ3n) is 4.56. The van der Waals surface area contributed by atoms with Crippen molar-refractivity contribution in [1.82, 2.24) is 0 Å². The number of fused-ring (bicyclic) bond motifs is 3. The van der Waals surface area contributed by atoms with Crippen LogP contribution in [0.3, 0.4) is 0 Å². The van der Waals surface area contributed by atoms with Crippen molar-refractivity contribution in [3.8, 4) is 11.1 Å². The Morgan fingerprint density at radius 3 is 1.88 bits per heavy atom. The largest absolute Gasteiger partial charge is 0.477 e. The zero-order chi connectivity index (χ0) is 19.1. The molecule has 0 amide bonds. The van der Waals surface area contributed by atoms with Gasteiger partial charge in [-0.2, -0.15) is 8.78 Å². The predicted molar refractivity (Wildman–Crippen MR) is 91.0 cm³/mol. The van der Waals surface area contributed by atoms with E-state index >= 15 is 0 Å². The van der Waals surface area contributed by atoms with Gasteiger partial charge in [0.1, 0.15) is 5.92 Å². The molecule has 0 heterocycles. The summed E-state index contributed by atoms with van der Waals surface area (Å²) >= 11 is 0. The molecule has 1 N–H and O–H groups in total. The number of hydrogen-bond donors (Lipinski definition) is 1. The summed E-state index contributed by atoms with van der Waals surface area (Å²) in [5, 5.41) is 8.81. The van der Waals surface area contributed by atoms with Crippen molar-refractivity contribution in [3.05, 3.63) is 59.7 Å². The Hall–Kier alpha value is -2.76. The minimum absolute atomic E-state index is 0.667. The molecule has 0 saturated heterocycles. The molecular formula is C20H18F2O4. The summed E-state index contributed by atoms with van der Waals surface area (Å²) in [6, 6.07) is 14.4. The van der Waals surface area contributed by atoms with Gasteiger partial charge >= 0.3 is 17.9 Å². The molecule has 0 fully saturated rings. The summed E-state index contributed by atoms with van der Waals surface area (Å²) < 4.78 is 33.1. The van der Waals surface area contributed by atoms with E-state index < -0.39 is 35.8 Å². The minimum atomic E-state index is -4.17. The number of halogens is 2. The molecule has 4 nitrogen and oxygen atoms in total. The molecule has 2 aromatic rings. The van der Waals surface area contributed by atoms with Gasteiger partial charge in [0.25, 0.3) is 0 Å². The zero-order valence-corrected chi connectivity index (χ0v) is 14.3. The van der Waals surface area contributed by atoms with Crippen molar-refractivity contribution in [3.63, 3.8) is 0 Å². The molecule has 0 aromatic heterocycles. The van der Waals surface area contributed by atoms with Crippen LogP contribution in [0.1, 0.15) is 30.9 Å². The van der Waals surface area contributed by atoms with Crippen molar-refractivity contribution in [2.45, 2.75) is 31.8 Å². The molecule has 1 unspecified atom stereocenters. The topological polar surface area (TPSA) is 63.6 Å². The number of carbonyl (C=O) groups excluding carboxylic acids is 1. The second-order valence-corrected chi connectivity index (χ2v) is 6.64. The fraction of sp³-hybridized carbons (Fsp3) is 0.300. The van der Waals surface area contributed by atoms with Gasteiger partial charge in [-0.3, -0.25) is 4.79 Å². The van der Waals surface area contributed by atoms with Crippen molar-refractivity contribution >= 4 is 11.9 Å². The maximum Gasteiger partial charge on any atom is 0.378 e. The molecule has 0 radical (unpaired) electrons. The maximum absolute atomic E-state index is 14.0. The first-order valence-electron chi connectivity index (χ1n) is 8.25. The van der Waals surface area contributed by atoms with Crippen LogP contribution in [-0.2, 0) is 14.3 Å². The van der Waals surface area contributed by atoms with E-state index in [2.05, 4.69) is 0 Å². The molecule has 1 aliphatic rings. The van der Waals surface area contributed by atoms with Crippen molar-refractivity contribution < 1.29 is 28.2 Å². The first-order chi connectivity index (χ1) is 12.2. The van der Waals surface area contributed by atoms with Gasteiger partial charge < -0.3 is 9.84 Å². The van der Waals surface area contributed by atoms with Crippen molar-refractivity contribution in [1.29, 1.82) is 0 Å². The van der Waals surface area contributed by atoms with Crippen molar-refractivity contribution in [2.24, 2.45) is 5.92 Å². The van der Waals surface area contributed by atoms with E-state index in [0.29, 0.717) is 11.1 Å². The Balaban J connectivity index is 1.99. The number of benzene rings is 2. The highest BCUT2D eigenvalue weighted by Crippen LogP contribution is 2.45. The van der Waals surface area contributed by atoms with E-state index in [1.54, 1.807) is 24.3 Å². The molecule has 1 aliphatic carbocycles. The molecule has 1 atom stereocenters. The highest BCUT2D eigenvalue weighted by Gasteiger charge is 2.52. The third kappa shape index (κ3) is 2.85. The Morgan fingerprint density at radius 2 is 1.46 bits per heavy atom. The zero-order valence-electron chi connectivity index (χ0n) is 14.3. The summed E-state index contributed by atoms with van der Waals surface area (Å²) in [6.45, 7) is 2.79. The number of esters is 1. The molecule has 26 heavy (non-hydrogen) atoms. The molecular weight excluding hydrogens is 342 g/mol. The number of carboxylic acid groups (broad SMARTS) is 1. The summed E-state index contributed by atoms with van der Waals surface area (Å²) in [4.78, 5) is 23.7. The minimum Gasteiger partial charge on any atom is -0.477 e. The lowest BCUT2D eigenvalue weighted by atomic mass is 9.96.